The molecule has 0 aliphatic rings. The molecule has 0 N–H and O–H groups in total. The standard InChI is InChI=1S/C21H25Cl2NO3/c1-14(2)24(13-15-8-10-17(22)18(23)12-15)20(25)11-9-16-6-5-7-19(26-3)21(16)27-4/h5-8,10,12,14H,9,11,13H2,1-4H3. The first kappa shape index (κ1) is 21.4. The summed E-state index contributed by atoms with van der Waals surface area (Å²) in [7, 11) is 3.21. The number of benzene rings is 2. The summed E-state index contributed by atoms with van der Waals surface area (Å²) in [6.07, 6.45) is 0.951. The Hall–Kier alpha value is -1.91. The van der Waals surface area contributed by atoms with Crippen LogP contribution in [0.4, 0.5) is 0 Å². The third-order valence-electron chi connectivity index (χ3n) is 4.37. The Morgan fingerprint density at radius 1 is 1.07 bits per heavy atom. The zero-order chi connectivity index (χ0) is 20.0. The van der Waals surface area contributed by atoms with Crippen LogP contribution in [0, 0.1) is 0 Å². The number of carbonyl (C=O) groups excluding carboxylic acids is 1. The summed E-state index contributed by atoms with van der Waals surface area (Å²) in [6.45, 7) is 4.49. The molecule has 0 aromatic heterocycles. The summed E-state index contributed by atoms with van der Waals surface area (Å²) >= 11 is 12.1. The fraction of sp³-hybridized carbons (Fsp3) is 0.381. The van der Waals surface area contributed by atoms with Crippen LogP contribution >= 0.6 is 23.2 Å². The highest BCUT2D eigenvalue weighted by Crippen LogP contribution is 2.31. The molecule has 0 radical (unpaired) electrons. The fourth-order valence-corrected chi connectivity index (χ4v) is 3.25. The highest BCUT2D eigenvalue weighted by atomic mass is 35.5. The average molecular weight is 410 g/mol. The zero-order valence-electron chi connectivity index (χ0n) is 16.1. The van der Waals surface area contributed by atoms with E-state index in [0.29, 0.717) is 40.9 Å². The second-order valence-electron chi connectivity index (χ2n) is 6.52. The van der Waals surface area contributed by atoms with Crippen LogP contribution in [0.15, 0.2) is 36.4 Å². The van der Waals surface area contributed by atoms with Crippen molar-refractivity contribution in [1.29, 1.82) is 0 Å². The molecule has 0 fully saturated rings. The highest BCUT2D eigenvalue weighted by molar-refractivity contribution is 6.42. The van der Waals surface area contributed by atoms with E-state index < -0.39 is 0 Å². The number of aryl methyl sites for hydroxylation is 1. The van der Waals surface area contributed by atoms with E-state index in [1.54, 1.807) is 26.4 Å². The molecule has 146 valence electrons. The van der Waals surface area contributed by atoms with Crippen LogP contribution in [0.3, 0.4) is 0 Å². The largest absolute Gasteiger partial charge is 0.493 e. The first-order chi connectivity index (χ1) is 12.9. The summed E-state index contributed by atoms with van der Waals surface area (Å²) in [4.78, 5) is 14.7. The quantitative estimate of drug-likeness (QED) is 0.587. The molecule has 0 heterocycles. The van der Waals surface area contributed by atoms with Gasteiger partial charge in [-0.2, -0.15) is 0 Å². The molecule has 1 amide bonds. The van der Waals surface area contributed by atoms with Crippen LogP contribution in [-0.4, -0.2) is 31.1 Å². The number of carbonyl (C=O) groups is 1. The summed E-state index contributed by atoms with van der Waals surface area (Å²) < 4.78 is 10.8. The molecule has 4 nitrogen and oxygen atoms in total. The number of nitrogens with zero attached hydrogens (tertiary/aromatic N) is 1. The maximum absolute atomic E-state index is 12.9. The van der Waals surface area contributed by atoms with Crippen molar-refractivity contribution in [2.75, 3.05) is 14.2 Å². The molecule has 0 bridgehead atoms. The van der Waals surface area contributed by atoms with Crippen LogP contribution < -0.4 is 9.47 Å². The lowest BCUT2D eigenvalue weighted by atomic mass is 10.1. The molecule has 2 aromatic rings. The second-order valence-corrected chi connectivity index (χ2v) is 7.33. The van der Waals surface area contributed by atoms with Crippen molar-refractivity contribution >= 4 is 29.1 Å². The summed E-state index contributed by atoms with van der Waals surface area (Å²) in [5, 5.41) is 0.999. The van der Waals surface area contributed by atoms with E-state index in [4.69, 9.17) is 32.7 Å². The van der Waals surface area contributed by atoms with Crippen molar-refractivity contribution in [3.05, 3.63) is 57.6 Å². The van der Waals surface area contributed by atoms with E-state index in [-0.39, 0.29) is 11.9 Å². The Balaban J connectivity index is 2.10. The summed E-state index contributed by atoms with van der Waals surface area (Å²) in [5.41, 5.74) is 1.90. The first-order valence-corrected chi connectivity index (χ1v) is 9.56. The van der Waals surface area contributed by atoms with Crippen molar-refractivity contribution in [1.82, 2.24) is 4.90 Å². The topological polar surface area (TPSA) is 38.8 Å². The van der Waals surface area contributed by atoms with Gasteiger partial charge in [-0.1, -0.05) is 41.4 Å². The molecule has 0 aliphatic heterocycles. The SMILES string of the molecule is COc1cccc(CCC(=O)N(Cc2ccc(Cl)c(Cl)c2)C(C)C)c1OC. The fourth-order valence-electron chi connectivity index (χ4n) is 2.93. The van der Waals surface area contributed by atoms with E-state index >= 15 is 0 Å². The first-order valence-electron chi connectivity index (χ1n) is 8.80. The monoisotopic (exact) mass is 409 g/mol. The molecule has 2 rings (SSSR count). The molecule has 0 atom stereocenters. The van der Waals surface area contributed by atoms with Crippen LogP contribution in [0.1, 0.15) is 31.4 Å². The number of methoxy groups -OCH3 is 2. The molecular formula is C21H25Cl2NO3. The van der Waals surface area contributed by atoms with Crippen LogP contribution in [-0.2, 0) is 17.8 Å². The molecular weight excluding hydrogens is 385 g/mol. The van der Waals surface area contributed by atoms with Gasteiger partial charge in [0.2, 0.25) is 5.91 Å². The van der Waals surface area contributed by atoms with Gasteiger partial charge in [-0.15, -0.1) is 0 Å². The van der Waals surface area contributed by atoms with Crippen LogP contribution in [0.2, 0.25) is 10.0 Å². The van der Waals surface area contributed by atoms with Crippen molar-refractivity contribution < 1.29 is 14.3 Å². The smallest absolute Gasteiger partial charge is 0.223 e. The lowest BCUT2D eigenvalue weighted by molar-refractivity contribution is -0.133. The van der Waals surface area contributed by atoms with Gasteiger partial charge in [0.25, 0.3) is 0 Å². The van der Waals surface area contributed by atoms with Gasteiger partial charge in [0.15, 0.2) is 11.5 Å². The lowest BCUT2D eigenvalue weighted by Crippen LogP contribution is -2.36. The molecule has 0 unspecified atom stereocenters. The normalized spacial score (nSPS) is 10.8. The molecule has 0 spiro atoms. The number of hydrogen-bond acceptors (Lipinski definition) is 3. The number of halogens is 2. The maximum Gasteiger partial charge on any atom is 0.223 e. The van der Waals surface area contributed by atoms with Gasteiger partial charge in [-0.25, -0.2) is 0 Å². The van der Waals surface area contributed by atoms with Crippen molar-refractivity contribution in [2.45, 2.75) is 39.3 Å². The maximum atomic E-state index is 12.9. The van der Waals surface area contributed by atoms with Gasteiger partial charge in [0.05, 0.1) is 24.3 Å². The summed E-state index contributed by atoms with van der Waals surface area (Å²) in [5.74, 6) is 1.41. The van der Waals surface area contributed by atoms with Crippen molar-refractivity contribution in [2.24, 2.45) is 0 Å². The van der Waals surface area contributed by atoms with E-state index in [1.807, 2.05) is 43.0 Å². The molecule has 27 heavy (non-hydrogen) atoms. The van der Waals surface area contributed by atoms with E-state index in [2.05, 4.69) is 0 Å². The Bertz CT molecular complexity index is 793. The Morgan fingerprint density at radius 2 is 1.81 bits per heavy atom. The Morgan fingerprint density at radius 3 is 2.41 bits per heavy atom. The van der Waals surface area contributed by atoms with Gasteiger partial charge in [0, 0.05) is 19.0 Å². The van der Waals surface area contributed by atoms with Crippen LogP contribution in [0.25, 0.3) is 0 Å². The number of ether oxygens (including phenoxy) is 2. The summed E-state index contributed by atoms with van der Waals surface area (Å²) in [6, 6.07) is 11.2. The van der Waals surface area contributed by atoms with Gasteiger partial charge in [-0.05, 0) is 49.6 Å². The number of para-hydroxylation sites is 1. The number of hydrogen-bond donors (Lipinski definition) is 0. The van der Waals surface area contributed by atoms with Gasteiger partial charge in [-0.3, -0.25) is 4.79 Å². The number of amides is 1. The minimum Gasteiger partial charge on any atom is -0.493 e. The molecule has 0 aliphatic carbocycles. The van der Waals surface area contributed by atoms with Crippen molar-refractivity contribution in [3.8, 4) is 11.5 Å². The zero-order valence-corrected chi connectivity index (χ0v) is 17.6. The van der Waals surface area contributed by atoms with Crippen molar-refractivity contribution in [3.63, 3.8) is 0 Å². The molecule has 6 heteroatoms. The average Bonchev–Trinajstić information content (AvgIpc) is 2.66. The minimum atomic E-state index is 0.0687. The minimum absolute atomic E-state index is 0.0687. The lowest BCUT2D eigenvalue weighted by Gasteiger charge is -2.27. The van der Waals surface area contributed by atoms with E-state index in [0.717, 1.165) is 11.1 Å². The molecule has 0 saturated carbocycles. The van der Waals surface area contributed by atoms with Gasteiger partial charge < -0.3 is 14.4 Å². The van der Waals surface area contributed by atoms with Crippen LogP contribution in [0.5, 0.6) is 11.5 Å². The predicted molar refractivity (Wildman–Crippen MR) is 110 cm³/mol. The van der Waals surface area contributed by atoms with E-state index in [1.165, 1.54) is 0 Å². The molecule has 2 aromatic carbocycles. The third-order valence-corrected chi connectivity index (χ3v) is 5.11. The number of rotatable bonds is 8. The predicted octanol–water partition coefficient (Wildman–Crippen LogP) is 5.38. The molecule has 0 saturated heterocycles. The Kier molecular flexibility index (Phi) is 7.81. The third kappa shape index (κ3) is 5.53. The highest BCUT2D eigenvalue weighted by Gasteiger charge is 2.19. The van der Waals surface area contributed by atoms with E-state index in [9.17, 15) is 4.79 Å². The Labute approximate surface area is 171 Å². The van der Waals surface area contributed by atoms with Gasteiger partial charge >= 0.3 is 0 Å². The second kappa shape index (κ2) is 9.86. The van der Waals surface area contributed by atoms with Gasteiger partial charge in [0.1, 0.15) is 0 Å².